The second kappa shape index (κ2) is 11.1. The van der Waals surface area contributed by atoms with Gasteiger partial charge >= 0.3 is 12.4 Å². The fraction of sp³-hybridized carbons (Fsp3) is 0.941. The van der Waals surface area contributed by atoms with E-state index in [1.165, 1.54) is 0 Å². The monoisotopic (exact) mass is 394 g/mol. The van der Waals surface area contributed by atoms with E-state index in [1.807, 2.05) is 0 Å². The van der Waals surface area contributed by atoms with Crippen LogP contribution in [0, 0.1) is 11.8 Å². The van der Waals surface area contributed by atoms with E-state index in [4.69, 9.17) is 0 Å². The highest BCUT2D eigenvalue weighted by molar-refractivity contribution is 5.84. The second-order valence-corrected chi connectivity index (χ2v) is 6.58. The van der Waals surface area contributed by atoms with Gasteiger partial charge in [0.1, 0.15) is 5.78 Å². The molecule has 0 amide bonds. The molecular weight excluding hydrogens is 366 g/mol. The van der Waals surface area contributed by atoms with Gasteiger partial charge in [-0.2, -0.15) is 26.3 Å². The lowest BCUT2D eigenvalue weighted by Gasteiger charge is -2.30. The number of halogens is 6. The number of hydrogen-bond acceptors (Lipinski definition) is 3. The second-order valence-electron chi connectivity index (χ2n) is 6.58. The number of carbonyl (C=O) groups is 1. The van der Waals surface area contributed by atoms with Crippen LogP contribution in [-0.2, 0) is 4.79 Å². The zero-order chi connectivity index (χ0) is 20.5. The topological polar surface area (TPSA) is 57.5 Å². The fourth-order valence-corrected chi connectivity index (χ4v) is 2.87. The van der Waals surface area contributed by atoms with Gasteiger partial charge in [0.15, 0.2) is 12.2 Å². The zero-order valence-corrected chi connectivity index (χ0v) is 15.0. The Morgan fingerprint density at radius 3 is 1.27 bits per heavy atom. The van der Waals surface area contributed by atoms with Gasteiger partial charge in [0.2, 0.25) is 0 Å². The molecule has 0 saturated carbocycles. The van der Waals surface area contributed by atoms with Crippen LogP contribution in [-0.4, -0.2) is 40.6 Å². The van der Waals surface area contributed by atoms with E-state index >= 15 is 0 Å². The van der Waals surface area contributed by atoms with Gasteiger partial charge in [-0.25, -0.2) is 0 Å². The van der Waals surface area contributed by atoms with Crippen LogP contribution in [0.2, 0.25) is 0 Å². The average molecular weight is 394 g/mol. The number of ketones is 1. The molecule has 3 nitrogen and oxygen atoms in total. The third kappa shape index (κ3) is 8.24. The van der Waals surface area contributed by atoms with Crippen molar-refractivity contribution in [3.63, 3.8) is 0 Å². The van der Waals surface area contributed by atoms with Crippen molar-refractivity contribution in [3.8, 4) is 0 Å². The average Bonchev–Trinajstić information content (AvgIpc) is 2.52. The predicted octanol–water partition coefficient (Wildman–Crippen LogP) is 4.79. The van der Waals surface area contributed by atoms with Crippen LogP contribution in [0.15, 0.2) is 0 Å². The Hall–Kier alpha value is -0.830. The summed E-state index contributed by atoms with van der Waals surface area (Å²) >= 11 is 0. The third-order valence-corrected chi connectivity index (χ3v) is 4.40. The summed E-state index contributed by atoms with van der Waals surface area (Å²) in [4.78, 5) is 12.5. The van der Waals surface area contributed by atoms with E-state index in [2.05, 4.69) is 0 Å². The van der Waals surface area contributed by atoms with Gasteiger partial charge < -0.3 is 10.2 Å². The zero-order valence-electron chi connectivity index (χ0n) is 15.0. The molecule has 0 aromatic rings. The highest BCUT2D eigenvalue weighted by atomic mass is 19.4. The van der Waals surface area contributed by atoms with Gasteiger partial charge in [-0.15, -0.1) is 0 Å². The molecule has 0 rings (SSSR count). The molecule has 4 atom stereocenters. The number of alkyl halides is 6. The van der Waals surface area contributed by atoms with Crippen molar-refractivity contribution in [3.05, 3.63) is 0 Å². The normalized spacial score (nSPS) is 17.6. The molecule has 2 N–H and O–H groups in total. The van der Waals surface area contributed by atoms with Crippen LogP contribution in [0.25, 0.3) is 0 Å². The molecule has 0 aliphatic heterocycles. The smallest absolute Gasteiger partial charge is 0.383 e. The minimum Gasteiger partial charge on any atom is -0.383 e. The number of aliphatic hydroxyl groups is 2. The molecule has 0 radical (unpaired) electrons. The summed E-state index contributed by atoms with van der Waals surface area (Å²) in [6.07, 6.45) is -14.5. The van der Waals surface area contributed by atoms with Gasteiger partial charge in [-0.1, -0.05) is 52.4 Å². The van der Waals surface area contributed by atoms with Crippen LogP contribution < -0.4 is 0 Å². The van der Waals surface area contributed by atoms with E-state index in [9.17, 15) is 41.4 Å². The summed E-state index contributed by atoms with van der Waals surface area (Å²) < 4.78 is 77.3. The number of unbranched alkanes of at least 4 members (excludes halogenated alkanes) is 4. The van der Waals surface area contributed by atoms with Crippen molar-refractivity contribution in [2.24, 2.45) is 11.8 Å². The van der Waals surface area contributed by atoms with Crippen molar-refractivity contribution in [1.29, 1.82) is 0 Å². The van der Waals surface area contributed by atoms with Crippen molar-refractivity contribution in [2.75, 3.05) is 0 Å². The quantitative estimate of drug-likeness (QED) is 0.369. The molecular formula is C17H28F6O3. The predicted molar refractivity (Wildman–Crippen MR) is 84.4 cm³/mol. The Balaban J connectivity index is 5.54. The Labute approximate surface area is 149 Å². The van der Waals surface area contributed by atoms with Crippen molar-refractivity contribution in [2.45, 2.75) is 89.8 Å². The van der Waals surface area contributed by atoms with Crippen molar-refractivity contribution < 1.29 is 41.4 Å². The van der Waals surface area contributed by atoms with E-state index in [1.54, 1.807) is 13.8 Å². The standard InChI is InChI=1S/C17H28F6O3/c1-3-5-7-9-11(14(25)16(18,19)20)13(24)12(10-8-6-4-2)15(26)17(21,22)23/h11-12,14-15,25-26H,3-10H2,1-2H3/t11-,12-,14?,15?/m0/s1. The number of carbonyl (C=O) groups excluding carboxylic acids is 1. The summed E-state index contributed by atoms with van der Waals surface area (Å²) in [5.41, 5.74) is 0. The first-order chi connectivity index (χ1) is 11.9. The maximum absolute atomic E-state index is 12.9. The minimum absolute atomic E-state index is 0.170. The molecule has 0 aliphatic carbocycles. The fourth-order valence-electron chi connectivity index (χ4n) is 2.87. The van der Waals surface area contributed by atoms with E-state index in [0.29, 0.717) is 25.7 Å². The van der Waals surface area contributed by atoms with E-state index < -0.39 is 42.2 Å². The first-order valence-corrected chi connectivity index (χ1v) is 8.91. The third-order valence-electron chi connectivity index (χ3n) is 4.40. The molecule has 0 bridgehead atoms. The Bertz CT molecular complexity index is 372. The number of aliphatic hydroxyl groups excluding tert-OH is 2. The van der Waals surface area contributed by atoms with Gasteiger partial charge in [-0.05, 0) is 12.8 Å². The highest BCUT2D eigenvalue weighted by Gasteiger charge is 2.51. The maximum atomic E-state index is 12.9. The molecule has 156 valence electrons. The molecule has 2 unspecified atom stereocenters. The van der Waals surface area contributed by atoms with Crippen LogP contribution in [0.1, 0.15) is 65.2 Å². The lowest BCUT2D eigenvalue weighted by molar-refractivity contribution is -0.231. The summed E-state index contributed by atoms with van der Waals surface area (Å²) in [5.74, 6) is -5.39. The van der Waals surface area contributed by atoms with Crippen molar-refractivity contribution in [1.82, 2.24) is 0 Å². The van der Waals surface area contributed by atoms with Gasteiger partial charge in [0.05, 0.1) is 11.8 Å². The SMILES string of the molecule is CCCCC[C@@H](C(=O)[C@H](CCCCC)C(O)C(F)(F)F)C(O)C(F)(F)F. The van der Waals surface area contributed by atoms with Crippen LogP contribution in [0.5, 0.6) is 0 Å². The summed E-state index contributed by atoms with van der Waals surface area (Å²) in [5, 5.41) is 19.0. The molecule has 0 heterocycles. The molecule has 0 saturated heterocycles. The molecule has 0 aromatic heterocycles. The minimum atomic E-state index is -5.12. The summed E-state index contributed by atoms with van der Waals surface area (Å²) in [7, 11) is 0. The Morgan fingerprint density at radius 2 is 1.04 bits per heavy atom. The number of hydrogen-bond donors (Lipinski definition) is 2. The molecule has 0 aromatic carbocycles. The van der Waals surface area contributed by atoms with Gasteiger partial charge in [0.25, 0.3) is 0 Å². The van der Waals surface area contributed by atoms with Crippen molar-refractivity contribution >= 4 is 5.78 Å². The molecule has 26 heavy (non-hydrogen) atoms. The summed E-state index contributed by atoms with van der Waals surface area (Å²) in [6, 6.07) is 0. The lowest BCUT2D eigenvalue weighted by atomic mass is 9.80. The first kappa shape index (κ1) is 25.2. The Morgan fingerprint density at radius 1 is 0.731 bits per heavy atom. The number of Topliss-reactive ketones (excluding diaryl/α,β-unsaturated/α-hetero) is 1. The Kier molecular flexibility index (Phi) is 10.8. The highest BCUT2D eigenvalue weighted by Crippen LogP contribution is 2.36. The largest absolute Gasteiger partial charge is 0.415 e. The molecule has 9 heteroatoms. The first-order valence-electron chi connectivity index (χ1n) is 8.91. The van der Waals surface area contributed by atoms with Crippen LogP contribution in [0.3, 0.4) is 0 Å². The van der Waals surface area contributed by atoms with E-state index in [0.717, 1.165) is 0 Å². The molecule has 0 spiro atoms. The van der Waals surface area contributed by atoms with Crippen LogP contribution >= 0.6 is 0 Å². The maximum Gasteiger partial charge on any atom is 0.415 e. The van der Waals surface area contributed by atoms with Crippen LogP contribution in [0.4, 0.5) is 26.3 Å². The number of rotatable bonds is 12. The summed E-state index contributed by atoms with van der Waals surface area (Å²) in [6.45, 7) is 3.55. The molecule has 0 fully saturated rings. The van der Waals surface area contributed by atoms with E-state index in [-0.39, 0.29) is 25.7 Å². The van der Waals surface area contributed by atoms with Gasteiger partial charge in [0, 0.05) is 0 Å². The van der Waals surface area contributed by atoms with Gasteiger partial charge in [-0.3, -0.25) is 4.79 Å². The lowest BCUT2D eigenvalue weighted by Crippen LogP contribution is -2.47. The molecule has 0 aliphatic rings.